The van der Waals surface area contributed by atoms with Gasteiger partial charge in [-0.05, 0) is 48.9 Å². The van der Waals surface area contributed by atoms with Crippen molar-refractivity contribution in [3.63, 3.8) is 0 Å². The first-order chi connectivity index (χ1) is 14.0. The molecule has 2 aliphatic heterocycles. The van der Waals surface area contributed by atoms with Crippen molar-refractivity contribution in [3.05, 3.63) is 59.7 Å². The van der Waals surface area contributed by atoms with Crippen molar-refractivity contribution < 1.29 is 27.8 Å². The highest BCUT2D eigenvalue weighted by Crippen LogP contribution is 2.52. The van der Waals surface area contributed by atoms with Gasteiger partial charge < -0.3 is 19.5 Å². The molecule has 1 aliphatic carbocycles. The fourth-order valence-electron chi connectivity index (χ4n) is 4.17. The van der Waals surface area contributed by atoms with Gasteiger partial charge in [0.2, 0.25) is 5.91 Å². The van der Waals surface area contributed by atoms with Crippen LogP contribution in [0.3, 0.4) is 0 Å². The lowest BCUT2D eigenvalue weighted by Crippen LogP contribution is -2.44. The minimum Gasteiger partial charge on any atom is -0.395 e. The zero-order valence-corrected chi connectivity index (χ0v) is 15.7. The second-order valence-corrected chi connectivity index (χ2v) is 7.88. The van der Waals surface area contributed by atoms with E-state index in [9.17, 15) is 13.6 Å². The third-order valence-electron chi connectivity index (χ3n) is 5.93. The number of hydrogen-bond acceptors (Lipinski definition) is 4. The minimum atomic E-state index is -3.66. The lowest BCUT2D eigenvalue weighted by Gasteiger charge is -2.31. The highest BCUT2D eigenvalue weighted by atomic mass is 19.3. The fourth-order valence-corrected chi connectivity index (χ4v) is 4.17. The Kier molecular flexibility index (Phi) is 4.24. The van der Waals surface area contributed by atoms with Crippen LogP contribution in [0.1, 0.15) is 42.9 Å². The third-order valence-corrected chi connectivity index (χ3v) is 5.93. The molecular formula is C22H21F2NO4. The molecule has 0 bridgehead atoms. The van der Waals surface area contributed by atoms with Gasteiger partial charge in [-0.1, -0.05) is 36.4 Å². The number of hydrogen-bond donors (Lipinski definition) is 1. The molecule has 2 fully saturated rings. The summed E-state index contributed by atoms with van der Waals surface area (Å²) in [5.74, 6) is -0.103. The number of fused-ring (bicyclic) bond motifs is 1. The molecule has 152 valence electrons. The summed E-state index contributed by atoms with van der Waals surface area (Å²) in [6, 6.07) is 14.6. The molecule has 29 heavy (non-hydrogen) atoms. The molecule has 1 amide bonds. The summed E-state index contributed by atoms with van der Waals surface area (Å²) in [4.78, 5) is 13.1. The van der Waals surface area contributed by atoms with E-state index in [1.807, 2.05) is 30.3 Å². The lowest BCUT2D eigenvalue weighted by molar-refractivity contribution is -0.286. The number of amides is 1. The summed E-state index contributed by atoms with van der Waals surface area (Å²) in [5, 5.41) is 3.16. The fraction of sp³-hybridized carbons (Fsp3) is 0.409. The van der Waals surface area contributed by atoms with Crippen LogP contribution in [0.5, 0.6) is 11.5 Å². The predicted molar refractivity (Wildman–Crippen MR) is 99.9 cm³/mol. The Labute approximate surface area is 167 Å². The first-order valence-electron chi connectivity index (χ1n) is 9.83. The van der Waals surface area contributed by atoms with Gasteiger partial charge in [0.1, 0.15) is 0 Å². The van der Waals surface area contributed by atoms with E-state index in [1.54, 1.807) is 6.07 Å². The number of rotatable bonds is 4. The van der Waals surface area contributed by atoms with Crippen LogP contribution in [0.15, 0.2) is 48.5 Å². The molecule has 0 radical (unpaired) electrons. The molecular weight excluding hydrogens is 380 g/mol. The lowest BCUT2D eigenvalue weighted by atomic mass is 9.92. The second-order valence-electron chi connectivity index (χ2n) is 7.88. The normalized spacial score (nSPS) is 26.0. The molecule has 3 aliphatic rings. The number of halogens is 2. The summed E-state index contributed by atoms with van der Waals surface area (Å²) >= 11 is 0. The topological polar surface area (TPSA) is 56.8 Å². The quantitative estimate of drug-likeness (QED) is 0.839. The van der Waals surface area contributed by atoms with E-state index >= 15 is 0 Å². The maximum absolute atomic E-state index is 13.3. The summed E-state index contributed by atoms with van der Waals surface area (Å²) in [6.07, 6.45) is -0.884. The van der Waals surface area contributed by atoms with Crippen LogP contribution in [-0.2, 0) is 14.9 Å². The van der Waals surface area contributed by atoms with Crippen molar-refractivity contribution in [2.75, 3.05) is 6.61 Å². The molecule has 1 saturated heterocycles. The molecule has 1 saturated carbocycles. The summed E-state index contributed by atoms with van der Waals surface area (Å²) in [5.41, 5.74) is 1.10. The van der Waals surface area contributed by atoms with Crippen LogP contribution in [0.25, 0.3) is 0 Å². The van der Waals surface area contributed by atoms with Crippen molar-refractivity contribution in [1.29, 1.82) is 0 Å². The van der Waals surface area contributed by atoms with Crippen LogP contribution in [0.4, 0.5) is 8.78 Å². The summed E-state index contributed by atoms with van der Waals surface area (Å²) in [6.45, 7) is 0.580. The molecule has 0 aromatic heterocycles. The van der Waals surface area contributed by atoms with Gasteiger partial charge >= 0.3 is 6.29 Å². The summed E-state index contributed by atoms with van der Waals surface area (Å²) in [7, 11) is 0. The number of nitrogens with one attached hydrogen (secondary N) is 1. The van der Waals surface area contributed by atoms with E-state index in [0.717, 1.165) is 12.0 Å². The first-order valence-corrected chi connectivity index (χ1v) is 9.83. The van der Waals surface area contributed by atoms with Crippen molar-refractivity contribution in [2.45, 2.75) is 49.5 Å². The van der Waals surface area contributed by atoms with Gasteiger partial charge in [-0.15, -0.1) is 8.78 Å². The molecule has 5 nitrogen and oxygen atoms in total. The van der Waals surface area contributed by atoms with Crippen molar-refractivity contribution >= 4 is 5.91 Å². The Morgan fingerprint density at radius 2 is 1.79 bits per heavy atom. The molecule has 1 unspecified atom stereocenters. The van der Waals surface area contributed by atoms with Gasteiger partial charge in [0, 0.05) is 12.6 Å². The Morgan fingerprint density at radius 1 is 1.03 bits per heavy atom. The van der Waals surface area contributed by atoms with Gasteiger partial charge in [-0.3, -0.25) is 4.79 Å². The van der Waals surface area contributed by atoms with Crippen LogP contribution < -0.4 is 14.8 Å². The molecule has 2 aromatic rings. The number of alkyl halides is 2. The van der Waals surface area contributed by atoms with Crippen LogP contribution in [0, 0.1) is 0 Å². The van der Waals surface area contributed by atoms with Gasteiger partial charge in [-0.25, -0.2) is 0 Å². The largest absolute Gasteiger partial charge is 0.586 e. The zero-order chi connectivity index (χ0) is 20.1. The van der Waals surface area contributed by atoms with Crippen LogP contribution in [0.2, 0.25) is 0 Å². The maximum Gasteiger partial charge on any atom is 0.586 e. The van der Waals surface area contributed by atoms with Crippen LogP contribution in [-0.4, -0.2) is 24.9 Å². The molecule has 1 N–H and O–H groups in total. The maximum atomic E-state index is 13.3. The second kappa shape index (κ2) is 6.69. The van der Waals surface area contributed by atoms with E-state index in [-0.39, 0.29) is 29.6 Å². The Morgan fingerprint density at radius 3 is 2.55 bits per heavy atom. The Bertz CT molecular complexity index is 930. The highest BCUT2D eigenvalue weighted by Gasteiger charge is 2.53. The van der Waals surface area contributed by atoms with E-state index in [1.165, 1.54) is 12.1 Å². The SMILES string of the molecule is O=C(NC1CCO[C@@H](c2ccccc2)C1)C1(c2ccc3c(c2)OC(F)(F)O3)CC1. The number of carbonyl (C=O) groups is 1. The predicted octanol–water partition coefficient (Wildman–Crippen LogP) is 4.08. The molecule has 0 spiro atoms. The monoisotopic (exact) mass is 401 g/mol. The number of benzene rings is 2. The van der Waals surface area contributed by atoms with Crippen molar-refractivity contribution in [2.24, 2.45) is 0 Å². The molecule has 2 heterocycles. The Hall–Kier alpha value is -2.67. The Balaban J connectivity index is 1.29. The average molecular weight is 401 g/mol. The number of ether oxygens (including phenoxy) is 3. The van der Waals surface area contributed by atoms with Gasteiger partial charge in [0.25, 0.3) is 0 Å². The van der Waals surface area contributed by atoms with E-state index in [2.05, 4.69) is 14.8 Å². The van der Waals surface area contributed by atoms with E-state index in [4.69, 9.17) is 4.74 Å². The van der Waals surface area contributed by atoms with Gasteiger partial charge in [0.05, 0.1) is 11.5 Å². The first kappa shape index (κ1) is 18.4. The minimum absolute atomic E-state index is 0.00918. The number of carbonyl (C=O) groups excluding carboxylic acids is 1. The van der Waals surface area contributed by atoms with Gasteiger partial charge in [0.15, 0.2) is 11.5 Å². The molecule has 7 heteroatoms. The van der Waals surface area contributed by atoms with Crippen molar-refractivity contribution in [1.82, 2.24) is 5.32 Å². The molecule has 2 atom stereocenters. The smallest absolute Gasteiger partial charge is 0.395 e. The average Bonchev–Trinajstić information content (AvgIpc) is 3.46. The zero-order valence-electron chi connectivity index (χ0n) is 15.7. The molecule has 2 aromatic carbocycles. The van der Waals surface area contributed by atoms with E-state index in [0.29, 0.717) is 31.4 Å². The van der Waals surface area contributed by atoms with Gasteiger partial charge in [-0.2, -0.15) is 0 Å². The summed E-state index contributed by atoms with van der Waals surface area (Å²) < 4.78 is 41.5. The van der Waals surface area contributed by atoms with E-state index < -0.39 is 11.7 Å². The third kappa shape index (κ3) is 3.44. The van der Waals surface area contributed by atoms with Crippen LogP contribution >= 0.6 is 0 Å². The standard InChI is InChI=1S/C22H21F2NO4/c23-22(24)28-17-7-6-15(12-19(17)29-22)21(9-10-21)20(26)25-16-8-11-27-18(13-16)14-4-2-1-3-5-14/h1-7,12,16,18H,8-11,13H2,(H,25,26)/t16?,18-/m1/s1. The van der Waals surface area contributed by atoms with Crippen molar-refractivity contribution in [3.8, 4) is 11.5 Å². The molecule has 5 rings (SSSR count). The highest BCUT2D eigenvalue weighted by molar-refractivity contribution is 5.91.